The number of rotatable bonds is 24. The van der Waals surface area contributed by atoms with Crippen LogP contribution >= 0.6 is 0 Å². The molecule has 0 bridgehead atoms. The predicted molar refractivity (Wildman–Crippen MR) is 209 cm³/mol. The number of nitrogens with one attached hydrogen (secondary N) is 5. The highest BCUT2D eigenvalue weighted by Gasteiger charge is 2.32. The van der Waals surface area contributed by atoms with Crippen LogP contribution in [-0.4, -0.2) is 88.0 Å². The average molecular weight is 770 g/mol. The second-order valence-electron chi connectivity index (χ2n) is 15.5. The number of carboxylic acid groups (broad SMARTS) is 1. The van der Waals surface area contributed by atoms with Crippen LogP contribution in [0.3, 0.4) is 0 Å². The molecule has 0 heterocycles. The van der Waals surface area contributed by atoms with Crippen LogP contribution in [0.25, 0.3) is 0 Å². The molecule has 0 aliphatic heterocycles. The lowest BCUT2D eigenvalue weighted by atomic mass is 9.96. The van der Waals surface area contributed by atoms with Crippen LogP contribution in [0, 0.1) is 17.8 Å². The number of aliphatic hydroxyl groups is 2. The molecule has 2 aromatic rings. The summed E-state index contributed by atoms with van der Waals surface area (Å²) in [6.45, 7) is 13.3. The van der Waals surface area contributed by atoms with Gasteiger partial charge in [-0.25, -0.2) is 4.79 Å². The van der Waals surface area contributed by atoms with Gasteiger partial charge in [0.15, 0.2) is 6.10 Å². The van der Waals surface area contributed by atoms with Gasteiger partial charge >= 0.3 is 6.09 Å². The van der Waals surface area contributed by atoms with Crippen molar-refractivity contribution in [3.63, 3.8) is 0 Å². The highest BCUT2D eigenvalue weighted by molar-refractivity contribution is 5.88. The van der Waals surface area contributed by atoms with Gasteiger partial charge in [-0.15, -0.1) is 0 Å². The monoisotopic (exact) mass is 769 g/mol. The molecule has 8 N–H and O–H groups in total. The van der Waals surface area contributed by atoms with Gasteiger partial charge in [-0.2, -0.15) is 0 Å². The van der Waals surface area contributed by atoms with Crippen molar-refractivity contribution in [2.75, 3.05) is 6.61 Å². The molecule has 2 aromatic carbocycles. The first-order valence-electron chi connectivity index (χ1n) is 19.2. The average Bonchev–Trinajstić information content (AvgIpc) is 3.10. The van der Waals surface area contributed by atoms with Crippen LogP contribution in [0.2, 0.25) is 0 Å². The molecule has 0 spiro atoms. The summed E-state index contributed by atoms with van der Waals surface area (Å²) < 4.78 is 6.04. The molecule has 0 aromatic heterocycles. The maximum absolute atomic E-state index is 13.8. The fourth-order valence-electron chi connectivity index (χ4n) is 6.18. The minimum Gasteiger partial charge on any atom is -0.465 e. The number of hydrogen-bond acceptors (Lipinski definition) is 8. The molecule has 0 radical (unpaired) electrons. The molecule has 0 fully saturated rings. The third-order valence-corrected chi connectivity index (χ3v) is 8.82. The molecule has 0 aliphatic rings. The lowest BCUT2D eigenvalue weighted by molar-refractivity contribution is -0.136. The molecule has 2 rings (SSSR count). The molecule has 0 saturated carbocycles. The van der Waals surface area contributed by atoms with E-state index in [9.17, 15) is 39.3 Å². The number of hydrogen-bond donors (Lipinski definition) is 8. The van der Waals surface area contributed by atoms with E-state index >= 15 is 0 Å². The van der Waals surface area contributed by atoms with Crippen LogP contribution in [0.15, 0.2) is 60.7 Å². The highest BCUT2D eigenvalue weighted by atomic mass is 16.5. The van der Waals surface area contributed by atoms with Gasteiger partial charge in [0.05, 0.1) is 49.8 Å². The van der Waals surface area contributed by atoms with Crippen LogP contribution in [0.4, 0.5) is 4.79 Å². The van der Waals surface area contributed by atoms with Gasteiger partial charge in [-0.05, 0) is 55.1 Å². The first-order chi connectivity index (χ1) is 25.9. The van der Waals surface area contributed by atoms with Gasteiger partial charge in [0.1, 0.15) is 6.04 Å². The zero-order chi connectivity index (χ0) is 41.1. The van der Waals surface area contributed by atoms with Crippen molar-refractivity contribution in [1.82, 2.24) is 26.6 Å². The molecule has 0 saturated heterocycles. The van der Waals surface area contributed by atoms with Gasteiger partial charge in [0, 0.05) is 6.54 Å². The number of carbonyl (C=O) groups is 5. The van der Waals surface area contributed by atoms with Crippen molar-refractivity contribution in [2.24, 2.45) is 17.8 Å². The zero-order valence-corrected chi connectivity index (χ0v) is 33.3. The fourth-order valence-corrected chi connectivity index (χ4v) is 6.18. The van der Waals surface area contributed by atoms with E-state index in [0.717, 1.165) is 5.56 Å². The van der Waals surface area contributed by atoms with Crippen LogP contribution in [0.1, 0.15) is 97.8 Å². The molecule has 5 amide bonds. The number of amides is 5. The summed E-state index contributed by atoms with van der Waals surface area (Å²) in [5.74, 6) is -1.88. The van der Waals surface area contributed by atoms with Crippen molar-refractivity contribution in [3.8, 4) is 0 Å². The minimum absolute atomic E-state index is 0.0173. The molecule has 14 nitrogen and oxygen atoms in total. The first-order valence-corrected chi connectivity index (χ1v) is 19.2. The third kappa shape index (κ3) is 18.6. The minimum atomic E-state index is -1.33. The number of benzene rings is 2. The maximum Gasteiger partial charge on any atom is 0.404 e. The summed E-state index contributed by atoms with van der Waals surface area (Å²) in [6.07, 6.45) is -4.29. The Morgan fingerprint density at radius 1 is 0.618 bits per heavy atom. The molecule has 7 unspecified atom stereocenters. The van der Waals surface area contributed by atoms with Gasteiger partial charge in [-0.1, -0.05) is 102 Å². The second kappa shape index (κ2) is 24.1. The van der Waals surface area contributed by atoms with Crippen LogP contribution in [-0.2, 0) is 30.5 Å². The topological polar surface area (TPSA) is 215 Å². The van der Waals surface area contributed by atoms with E-state index in [1.54, 1.807) is 30.3 Å². The van der Waals surface area contributed by atoms with E-state index in [2.05, 4.69) is 26.6 Å². The Hall–Kier alpha value is -4.53. The Morgan fingerprint density at radius 2 is 1.11 bits per heavy atom. The van der Waals surface area contributed by atoms with Gasteiger partial charge in [0.2, 0.25) is 17.7 Å². The fraction of sp³-hybridized carbons (Fsp3) is 0.585. The van der Waals surface area contributed by atoms with E-state index in [-0.39, 0.29) is 36.7 Å². The smallest absolute Gasteiger partial charge is 0.404 e. The summed E-state index contributed by atoms with van der Waals surface area (Å²) in [5.41, 5.74) is 1.44. The Bertz CT molecular complexity index is 1480. The predicted octanol–water partition coefficient (Wildman–Crippen LogP) is 3.81. The first kappa shape index (κ1) is 46.6. The summed E-state index contributed by atoms with van der Waals surface area (Å²) >= 11 is 0. The zero-order valence-electron chi connectivity index (χ0n) is 33.3. The van der Waals surface area contributed by atoms with Crippen LogP contribution in [0.5, 0.6) is 0 Å². The summed E-state index contributed by atoms with van der Waals surface area (Å²) in [6, 6.07) is 14.8. The molecule has 55 heavy (non-hydrogen) atoms. The molecular weight excluding hydrogens is 706 g/mol. The van der Waals surface area contributed by atoms with Crippen molar-refractivity contribution >= 4 is 29.7 Å². The lowest BCUT2D eigenvalue weighted by Gasteiger charge is -2.29. The molecule has 306 valence electrons. The highest BCUT2D eigenvalue weighted by Crippen LogP contribution is 2.21. The summed E-state index contributed by atoms with van der Waals surface area (Å²) in [7, 11) is 0. The quantitative estimate of drug-likeness (QED) is 0.0778. The number of ether oxygens (including phenoxy) is 1. The van der Waals surface area contributed by atoms with Gasteiger partial charge in [0.25, 0.3) is 5.91 Å². The van der Waals surface area contributed by atoms with E-state index < -0.39 is 72.7 Å². The van der Waals surface area contributed by atoms with Gasteiger partial charge < -0.3 is 46.6 Å². The van der Waals surface area contributed by atoms with Crippen molar-refractivity contribution in [2.45, 2.75) is 130 Å². The van der Waals surface area contributed by atoms with Crippen molar-refractivity contribution in [3.05, 3.63) is 71.8 Å². The van der Waals surface area contributed by atoms with E-state index in [4.69, 9.17) is 4.74 Å². The number of aliphatic hydroxyl groups excluding tert-OH is 2. The number of carbonyl (C=O) groups excluding carboxylic acids is 4. The van der Waals surface area contributed by atoms with Gasteiger partial charge in [-0.3, -0.25) is 19.2 Å². The second-order valence-corrected chi connectivity index (χ2v) is 15.5. The van der Waals surface area contributed by atoms with E-state index in [1.165, 1.54) is 6.92 Å². The Kier molecular flexibility index (Phi) is 20.4. The normalized spacial score (nSPS) is 15.3. The van der Waals surface area contributed by atoms with Crippen molar-refractivity contribution < 1.29 is 44.0 Å². The van der Waals surface area contributed by atoms with Crippen LogP contribution < -0.4 is 26.6 Å². The van der Waals surface area contributed by atoms with E-state index in [1.807, 2.05) is 71.9 Å². The standard InChI is InChI=1S/C41H63N5O9/c1-25(2)18-31(44-41(53)54)24-55-38(30-16-12-9-13-17-30)40(52)46-33(20-27(5)6)35(48)22-37(50)43-28(7)39(51)45-32(19-26(3)4)34(47)21-36(49)42-23-29-14-10-8-11-15-29/h8-17,25-28,31-35,38,44,47-48H,18-24H2,1-7H3,(H,42,49)(H,43,50)(H,45,51)(H,46,52)(H,53,54). The Labute approximate surface area is 325 Å². The summed E-state index contributed by atoms with van der Waals surface area (Å²) in [5, 5.41) is 45.0. The largest absolute Gasteiger partial charge is 0.465 e. The third-order valence-electron chi connectivity index (χ3n) is 8.82. The maximum atomic E-state index is 13.8. The van der Waals surface area contributed by atoms with Crippen molar-refractivity contribution in [1.29, 1.82) is 0 Å². The Balaban J connectivity index is 2.06. The molecule has 0 aliphatic carbocycles. The summed E-state index contributed by atoms with van der Waals surface area (Å²) in [4.78, 5) is 64.1. The SMILES string of the molecule is CC(C)CC(COC(C(=O)NC(CC(C)C)C(O)CC(=O)NC(C)C(=O)NC(CC(C)C)C(O)CC(=O)NCc1ccccc1)c1ccccc1)NC(=O)O. The molecule has 7 atom stereocenters. The lowest BCUT2D eigenvalue weighted by Crippen LogP contribution is -2.53. The molecular formula is C41H63N5O9. The Morgan fingerprint density at radius 3 is 1.62 bits per heavy atom. The molecule has 14 heteroatoms. The van der Waals surface area contributed by atoms with E-state index in [0.29, 0.717) is 31.4 Å².